The van der Waals surface area contributed by atoms with Crippen molar-refractivity contribution >= 4 is 88.9 Å². The van der Waals surface area contributed by atoms with Gasteiger partial charge in [0.05, 0.1) is 19.6 Å². The molecule has 15 heteroatoms. The van der Waals surface area contributed by atoms with Crippen molar-refractivity contribution in [2.75, 3.05) is 4.90 Å². The van der Waals surface area contributed by atoms with Gasteiger partial charge in [-0.3, -0.25) is 25.0 Å². The molecule has 38 heavy (non-hydrogen) atoms. The summed E-state index contributed by atoms with van der Waals surface area (Å²) in [5, 5.41) is 13.3. The Morgan fingerprint density at radius 2 is 1.55 bits per heavy atom. The maximum absolute atomic E-state index is 13.1. The Balaban J connectivity index is 1.65. The summed E-state index contributed by atoms with van der Waals surface area (Å²) in [6, 6.07) is 11.8. The fourth-order valence-electron chi connectivity index (χ4n) is 3.28. The molecule has 4 amide bonds. The molecule has 0 unspecified atom stereocenters. The molecule has 0 atom stereocenters. The van der Waals surface area contributed by atoms with Crippen LogP contribution in [0.15, 0.2) is 80.1 Å². The highest BCUT2D eigenvalue weighted by molar-refractivity contribution is 9.11. The average Bonchev–Trinajstić information content (AvgIpc) is 2.84. The number of nitrogens with one attached hydrogen (secondary N) is 1. The number of non-ortho nitro benzene ring substituents is 1. The molecule has 1 saturated heterocycles. The van der Waals surface area contributed by atoms with E-state index in [1.165, 1.54) is 54.6 Å². The van der Waals surface area contributed by atoms with Crippen LogP contribution >= 0.6 is 43.5 Å². The van der Waals surface area contributed by atoms with E-state index in [2.05, 4.69) is 31.9 Å². The summed E-state index contributed by atoms with van der Waals surface area (Å²) in [7, 11) is -4.22. The van der Waals surface area contributed by atoms with Crippen LogP contribution in [-0.4, -0.2) is 31.2 Å². The number of carbonyl (C=O) groups is 3. The van der Waals surface area contributed by atoms with Crippen LogP contribution in [0, 0.1) is 10.1 Å². The third kappa shape index (κ3) is 5.62. The first-order valence-electron chi connectivity index (χ1n) is 10.2. The third-order valence-corrected chi connectivity index (χ3v) is 7.71. The van der Waals surface area contributed by atoms with Gasteiger partial charge in [-0.2, -0.15) is 8.42 Å². The molecule has 0 saturated carbocycles. The van der Waals surface area contributed by atoms with Crippen molar-refractivity contribution in [2.24, 2.45) is 0 Å². The van der Waals surface area contributed by atoms with Crippen molar-refractivity contribution in [2.45, 2.75) is 4.90 Å². The first-order chi connectivity index (χ1) is 17.9. The summed E-state index contributed by atoms with van der Waals surface area (Å²) in [5.74, 6) is -2.02. The Morgan fingerprint density at radius 3 is 2.11 bits per heavy atom. The van der Waals surface area contributed by atoms with Crippen molar-refractivity contribution < 1.29 is 31.9 Å². The minimum Gasteiger partial charge on any atom is -0.377 e. The van der Waals surface area contributed by atoms with Gasteiger partial charge in [0, 0.05) is 17.2 Å². The Labute approximate surface area is 236 Å². The number of halogens is 3. The SMILES string of the molecule is O=C1NC(=O)N(c2ccc([N+](=O)[O-])cc2)C(=O)/C1=C/c1cc(Br)c(OS(=O)(=O)c2ccc(Cl)cc2)c(Br)c1. The van der Waals surface area contributed by atoms with Crippen LogP contribution in [0.25, 0.3) is 6.08 Å². The fraction of sp³-hybridized carbons (Fsp3) is 0. The highest BCUT2D eigenvalue weighted by atomic mass is 79.9. The van der Waals surface area contributed by atoms with Crippen molar-refractivity contribution in [3.8, 4) is 5.75 Å². The summed E-state index contributed by atoms with van der Waals surface area (Å²) in [6.07, 6.45) is 1.19. The molecule has 1 heterocycles. The zero-order valence-electron chi connectivity index (χ0n) is 18.6. The maximum atomic E-state index is 13.1. The first-order valence-corrected chi connectivity index (χ1v) is 13.6. The minimum absolute atomic E-state index is 0.00927. The predicted octanol–water partition coefficient (Wildman–Crippen LogP) is 5.21. The molecule has 1 fully saturated rings. The van der Waals surface area contributed by atoms with Gasteiger partial charge in [-0.1, -0.05) is 11.6 Å². The number of amides is 4. The monoisotopic (exact) mass is 683 g/mol. The lowest BCUT2D eigenvalue weighted by molar-refractivity contribution is -0.384. The second kappa shape index (κ2) is 10.6. The van der Waals surface area contributed by atoms with E-state index in [9.17, 15) is 32.9 Å². The Hall–Kier alpha value is -3.59. The predicted molar refractivity (Wildman–Crippen MR) is 143 cm³/mol. The number of nitro groups is 1. The molecule has 0 aromatic heterocycles. The number of barbiturate groups is 1. The standard InChI is InChI=1S/C23H12Br2ClN3O8S/c24-18-10-12(11-19(25)20(18)37-38(35,36)16-7-1-13(26)2-8-16)9-17-21(30)27-23(32)28(22(17)31)14-3-5-15(6-4-14)29(33)34/h1-11H,(H,27,30,32)/b17-9+. The number of urea groups is 1. The van der Waals surface area contributed by atoms with Gasteiger partial charge in [0.1, 0.15) is 10.5 Å². The summed E-state index contributed by atoms with van der Waals surface area (Å²) >= 11 is 12.3. The number of nitro benzene ring substituents is 1. The molecule has 0 radical (unpaired) electrons. The van der Waals surface area contributed by atoms with Gasteiger partial charge in [-0.25, -0.2) is 9.69 Å². The summed E-state index contributed by atoms with van der Waals surface area (Å²) < 4.78 is 30.9. The fourth-order valence-corrected chi connectivity index (χ4v) is 5.97. The van der Waals surface area contributed by atoms with E-state index in [-0.39, 0.29) is 36.5 Å². The van der Waals surface area contributed by atoms with E-state index in [0.717, 1.165) is 12.1 Å². The summed E-state index contributed by atoms with van der Waals surface area (Å²) in [4.78, 5) is 48.7. The third-order valence-electron chi connectivity index (χ3n) is 5.05. The van der Waals surface area contributed by atoms with Crippen LogP contribution < -0.4 is 14.4 Å². The lowest BCUT2D eigenvalue weighted by atomic mass is 10.1. The number of nitrogens with zero attached hydrogens (tertiary/aromatic N) is 2. The molecular formula is C23H12Br2ClN3O8S. The van der Waals surface area contributed by atoms with Gasteiger partial charge < -0.3 is 4.18 Å². The largest absolute Gasteiger partial charge is 0.377 e. The quantitative estimate of drug-likeness (QED) is 0.122. The number of anilines is 1. The zero-order chi connectivity index (χ0) is 27.8. The number of hydrogen-bond acceptors (Lipinski definition) is 8. The summed E-state index contributed by atoms with van der Waals surface area (Å²) in [5.41, 5.74) is -0.378. The molecule has 0 aliphatic carbocycles. The van der Waals surface area contributed by atoms with Crippen LogP contribution in [0.3, 0.4) is 0 Å². The second-order valence-corrected chi connectivity index (χ2v) is 11.2. The highest BCUT2D eigenvalue weighted by Crippen LogP contribution is 2.37. The Bertz CT molecular complexity index is 1620. The van der Waals surface area contributed by atoms with E-state index in [1.54, 1.807) is 0 Å². The Kier molecular flexibility index (Phi) is 7.69. The molecule has 4 rings (SSSR count). The number of hydrogen-bond donors (Lipinski definition) is 1. The van der Waals surface area contributed by atoms with Crippen molar-refractivity contribution in [1.82, 2.24) is 5.32 Å². The van der Waals surface area contributed by atoms with Gasteiger partial charge in [-0.05, 0) is 92.0 Å². The van der Waals surface area contributed by atoms with Gasteiger partial charge in [0.2, 0.25) is 0 Å². The Morgan fingerprint density at radius 1 is 0.974 bits per heavy atom. The normalized spacial score (nSPS) is 15.0. The van der Waals surface area contributed by atoms with Gasteiger partial charge >= 0.3 is 16.1 Å². The lowest BCUT2D eigenvalue weighted by Gasteiger charge is -2.26. The van der Waals surface area contributed by atoms with Crippen LogP contribution in [0.1, 0.15) is 5.56 Å². The molecule has 1 N–H and O–H groups in total. The van der Waals surface area contributed by atoms with E-state index in [1.807, 2.05) is 5.32 Å². The minimum atomic E-state index is -4.22. The van der Waals surface area contributed by atoms with E-state index in [4.69, 9.17) is 15.8 Å². The molecule has 0 spiro atoms. The first kappa shape index (κ1) is 27.4. The molecule has 1 aliphatic heterocycles. The molecule has 1 aliphatic rings. The summed E-state index contributed by atoms with van der Waals surface area (Å²) in [6.45, 7) is 0. The van der Waals surface area contributed by atoms with E-state index < -0.39 is 38.5 Å². The number of carbonyl (C=O) groups excluding carboxylic acids is 3. The van der Waals surface area contributed by atoms with Gasteiger partial charge in [0.25, 0.3) is 17.5 Å². The van der Waals surface area contributed by atoms with Crippen LogP contribution in [-0.2, 0) is 19.7 Å². The van der Waals surface area contributed by atoms with Gasteiger partial charge in [0.15, 0.2) is 5.75 Å². The van der Waals surface area contributed by atoms with Crippen molar-refractivity contribution in [3.05, 3.63) is 95.9 Å². The molecule has 3 aromatic carbocycles. The van der Waals surface area contributed by atoms with Crippen LogP contribution in [0.4, 0.5) is 16.2 Å². The molecule has 0 bridgehead atoms. The molecule has 11 nitrogen and oxygen atoms in total. The molecule has 194 valence electrons. The maximum Gasteiger partial charge on any atom is 0.339 e. The topological polar surface area (TPSA) is 153 Å². The van der Waals surface area contributed by atoms with Gasteiger partial charge in [-0.15, -0.1) is 0 Å². The van der Waals surface area contributed by atoms with Crippen molar-refractivity contribution in [1.29, 1.82) is 0 Å². The molecular weight excluding hydrogens is 674 g/mol. The van der Waals surface area contributed by atoms with Crippen LogP contribution in [0.5, 0.6) is 5.75 Å². The van der Waals surface area contributed by atoms with E-state index in [0.29, 0.717) is 9.92 Å². The van der Waals surface area contributed by atoms with E-state index >= 15 is 0 Å². The lowest BCUT2D eigenvalue weighted by Crippen LogP contribution is -2.54. The highest BCUT2D eigenvalue weighted by Gasteiger charge is 2.37. The average molecular weight is 686 g/mol. The molecule has 3 aromatic rings. The number of rotatable bonds is 6. The number of imide groups is 2. The van der Waals surface area contributed by atoms with Crippen molar-refractivity contribution in [3.63, 3.8) is 0 Å². The zero-order valence-corrected chi connectivity index (χ0v) is 23.3. The number of benzene rings is 3. The second-order valence-electron chi connectivity index (χ2n) is 7.54. The smallest absolute Gasteiger partial charge is 0.339 e. The van der Waals surface area contributed by atoms with Crippen LogP contribution in [0.2, 0.25) is 5.02 Å².